The zero-order chi connectivity index (χ0) is 10.2. The van der Waals surface area contributed by atoms with Gasteiger partial charge < -0.3 is 0 Å². The van der Waals surface area contributed by atoms with Gasteiger partial charge in [0.15, 0.2) is 0 Å². The van der Waals surface area contributed by atoms with Gasteiger partial charge in [-0.3, -0.25) is 0 Å². The summed E-state index contributed by atoms with van der Waals surface area (Å²) in [7, 11) is 0. The fourth-order valence-electron chi connectivity index (χ4n) is 6.02. The van der Waals surface area contributed by atoms with Crippen LogP contribution in [0, 0.1) is 46.3 Å². The van der Waals surface area contributed by atoms with Crippen molar-refractivity contribution in [3.63, 3.8) is 0 Å². The molecule has 8 atom stereocenters. The lowest BCUT2D eigenvalue weighted by Crippen LogP contribution is -2.36. The van der Waals surface area contributed by atoms with Crippen LogP contribution in [0.1, 0.15) is 32.6 Å². The summed E-state index contributed by atoms with van der Waals surface area (Å²) in [5.41, 5.74) is 0. The van der Waals surface area contributed by atoms with Crippen molar-refractivity contribution in [1.82, 2.24) is 0 Å². The largest absolute Gasteiger partial charge is 0.151 e. The minimum Gasteiger partial charge on any atom is -0.151 e. The van der Waals surface area contributed by atoms with Crippen LogP contribution in [0.25, 0.3) is 0 Å². The van der Waals surface area contributed by atoms with Gasteiger partial charge in [0.2, 0.25) is 0 Å². The lowest BCUT2D eigenvalue weighted by atomic mass is 9.67. The first kappa shape index (κ1) is 8.72. The summed E-state index contributed by atoms with van der Waals surface area (Å²) in [6.45, 7) is 2.43. The molecule has 0 heterocycles. The lowest BCUT2D eigenvalue weighted by Gasteiger charge is -2.38. The van der Waals surface area contributed by atoms with Gasteiger partial charge in [-0.05, 0) is 67.1 Å². The van der Waals surface area contributed by atoms with Crippen LogP contribution in [0.2, 0.25) is 0 Å². The van der Waals surface area contributed by atoms with E-state index in [0.717, 1.165) is 41.9 Å². The first-order chi connectivity index (χ1) is 7.29. The van der Waals surface area contributed by atoms with Crippen LogP contribution in [0.5, 0.6) is 0 Å². The number of hydrogen-bond donors (Lipinski definition) is 0. The highest BCUT2D eigenvalue weighted by Crippen LogP contribution is 2.69. The third-order valence-electron chi connectivity index (χ3n) is 6.25. The van der Waals surface area contributed by atoms with Crippen LogP contribution in [0.4, 0.5) is 0 Å². The fourth-order valence-corrected chi connectivity index (χ4v) is 6.02. The van der Waals surface area contributed by atoms with Gasteiger partial charge in [0, 0.05) is 0 Å². The predicted molar refractivity (Wildman–Crippen MR) is 58.2 cm³/mol. The molecule has 0 aromatic heterocycles. The van der Waals surface area contributed by atoms with Crippen molar-refractivity contribution in [2.45, 2.75) is 38.6 Å². The molecule has 4 fully saturated rings. The van der Waals surface area contributed by atoms with Crippen molar-refractivity contribution in [2.24, 2.45) is 46.6 Å². The summed E-state index contributed by atoms with van der Waals surface area (Å²) in [6, 6.07) is 0.197. The summed E-state index contributed by atoms with van der Waals surface area (Å²) < 4.78 is 0. The molecule has 4 aliphatic rings. The number of nitroso groups, excluding NO2 is 1. The van der Waals surface area contributed by atoms with Crippen molar-refractivity contribution in [1.29, 1.82) is 0 Å². The molecule has 4 saturated carbocycles. The van der Waals surface area contributed by atoms with E-state index < -0.39 is 0 Å². The molecule has 82 valence electrons. The Morgan fingerprint density at radius 3 is 2.47 bits per heavy atom. The molecule has 0 aliphatic heterocycles. The van der Waals surface area contributed by atoms with E-state index >= 15 is 0 Å². The van der Waals surface area contributed by atoms with Gasteiger partial charge >= 0.3 is 0 Å². The molecular formula is C13H19NO. The molecule has 0 spiro atoms. The van der Waals surface area contributed by atoms with Crippen molar-refractivity contribution >= 4 is 0 Å². The topological polar surface area (TPSA) is 29.4 Å². The summed E-state index contributed by atoms with van der Waals surface area (Å²) >= 11 is 0. The molecule has 4 rings (SSSR count). The van der Waals surface area contributed by atoms with Crippen molar-refractivity contribution < 1.29 is 0 Å². The average molecular weight is 205 g/mol. The molecule has 15 heavy (non-hydrogen) atoms. The minimum absolute atomic E-state index is 0.197. The smallest absolute Gasteiger partial charge is 0.0953 e. The Kier molecular flexibility index (Phi) is 1.53. The second-order valence-electron chi connectivity index (χ2n) is 6.60. The quantitative estimate of drug-likeness (QED) is 0.478. The van der Waals surface area contributed by atoms with E-state index in [1.54, 1.807) is 0 Å². The summed E-state index contributed by atoms with van der Waals surface area (Å²) in [5, 5.41) is 3.39. The Morgan fingerprint density at radius 1 is 0.933 bits per heavy atom. The third kappa shape index (κ3) is 0.880. The lowest BCUT2D eigenvalue weighted by molar-refractivity contribution is 0.101. The van der Waals surface area contributed by atoms with Crippen molar-refractivity contribution in [3.8, 4) is 0 Å². The zero-order valence-electron chi connectivity index (χ0n) is 9.30. The van der Waals surface area contributed by atoms with E-state index in [1.807, 2.05) is 0 Å². The van der Waals surface area contributed by atoms with E-state index in [4.69, 9.17) is 0 Å². The maximum absolute atomic E-state index is 10.8. The number of rotatable bonds is 1. The standard InChI is InChI=1S/C13H19NO/c1-6-2-7-3-9(6)13-10-4-8(12(7)13)5-11(10)14-15/h6-13H,2-5H2,1H3. The van der Waals surface area contributed by atoms with Crippen LogP contribution in [-0.2, 0) is 0 Å². The molecule has 0 aromatic rings. The second kappa shape index (κ2) is 2.64. The minimum atomic E-state index is 0.197. The van der Waals surface area contributed by atoms with Gasteiger partial charge in [-0.1, -0.05) is 12.1 Å². The third-order valence-corrected chi connectivity index (χ3v) is 6.25. The fraction of sp³-hybridized carbons (Fsp3) is 1.00. The molecule has 4 bridgehead atoms. The number of nitrogens with zero attached hydrogens (tertiary/aromatic N) is 1. The molecule has 0 aromatic carbocycles. The number of hydrogen-bond acceptors (Lipinski definition) is 2. The monoisotopic (exact) mass is 205 g/mol. The Bertz CT molecular complexity index is 316. The highest BCUT2D eigenvalue weighted by Gasteiger charge is 2.64. The summed E-state index contributed by atoms with van der Waals surface area (Å²) in [5.74, 6) is 6.40. The molecule has 8 unspecified atom stereocenters. The molecule has 0 amide bonds. The predicted octanol–water partition coefficient (Wildman–Crippen LogP) is 3.07. The van der Waals surface area contributed by atoms with E-state index in [-0.39, 0.29) is 6.04 Å². The van der Waals surface area contributed by atoms with Gasteiger partial charge in [0.05, 0.1) is 6.04 Å². The van der Waals surface area contributed by atoms with Crippen LogP contribution >= 0.6 is 0 Å². The molecule has 0 radical (unpaired) electrons. The van der Waals surface area contributed by atoms with Crippen LogP contribution in [0.15, 0.2) is 5.18 Å². The van der Waals surface area contributed by atoms with Gasteiger partial charge in [0.1, 0.15) is 0 Å². The average Bonchev–Trinajstić information content (AvgIpc) is 2.91. The van der Waals surface area contributed by atoms with E-state index in [2.05, 4.69) is 12.1 Å². The van der Waals surface area contributed by atoms with Gasteiger partial charge in [0.25, 0.3) is 0 Å². The van der Waals surface area contributed by atoms with E-state index in [0.29, 0.717) is 5.92 Å². The van der Waals surface area contributed by atoms with Crippen molar-refractivity contribution in [3.05, 3.63) is 4.91 Å². The van der Waals surface area contributed by atoms with Gasteiger partial charge in [-0.25, -0.2) is 0 Å². The molecular weight excluding hydrogens is 186 g/mol. The first-order valence-electron chi connectivity index (χ1n) is 6.62. The Balaban J connectivity index is 1.70. The zero-order valence-corrected chi connectivity index (χ0v) is 9.30. The Morgan fingerprint density at radius 2 is 1.67 bits per heavy atom. The van der Waals surface area contributed by atoms with Crippen LogP contribution < -0.4 is 0 Å². The molecule has 2 nitrogen and oxygen atoms in total. The normalized spacial score (nSPS) is 64.9. The molecule has 0 N–H and O–H groups in total. The number of fused-ring (bicyclic) bond motifs is 9. The highest BCUT2D eigenvalue weighted by molar-refractivity contribution is 5.13. The second-order valence-corrected chi connectivity index (χ2v) is 6.60. The SMILES string of the molecule is CC1CC2CC1C1C3CC(CC3N=O)C21. The maximum Gasteiger partial charge on any atom is 0.0953 e. The first-order valence-corrected chi connectivity index (χ1v) is 6.62. The highest BCUT2D eigenvalue weighted by atomic mass is 16.3. The van der Waals surface area contributed by atoms with Crippen molar-refractivity contribution in [2.75, 3.05) is 0 Å². The van der Waals surface area contributed by atoms with Crippen LogP contribution in [0.3, 0.4) is 0 Å². The van der Waals surface area contributed by atoms with E-state index in [9.17, 15) is 4.91 Å². The molecule has 0 saturated heterocycles. The van der Waals surface area contributed by atoms with Crippen LogP contribution in [-0.4, -0.2) is 6.04 Å². The Hall–Kier alpha value is -0.400. The maximum atomic E-state index is 10.8. The summed E-state index contributed by atoms with van der Waals surface area (Å²) in [6.07, 6.45) is 5.43. The van der Waals surface area contributed by atoms with Gasteiger partial charge in [-0.2, -0.15) is 4.91 Å². The van der Waals surface area contributed by atoms with Gasteiger partial charge in [-0.15, -0.1) is 0 Å². The summed E-state index contributed by atoms with van der Waals surface area (Å²) in [4.78, 5) is 10.8. The molecule has 2 heteroatoms. The molecule has 4 aliphatic carbocycles. The Labute approximate surface area is 90.8 Å². The van der Waals surface area contributed by atoms with E-state index in [1.165, 1.54) is 19.3 Å².